The number of hydrogen-bond donors (Lipinski definition) is 0. The second kappa shape index (κ2) is 30.8. The Bertz CT molecular complexity index is 29.7. The molecule has 0 bridgehead atoms. The van der Waals surface area contributed by atoms with Crippen molar-refractivity contribution in [2.75, 3.05) is 0 Å². The fourth-order valence-corrected chi connectivity index (χ4v) is 0.866. The van der Waals surface area contributed by atoms with Crippen LogP contribution in [-0.4, -0.2) is 30.4 Å². The summed E-state index contributed by atoms with van der Waals surface area (Å²) in [6, 6.07) is 0. The Balaban J connectivity index is -0.0000000326. The molecule has 0 saturated carbocycles. The van der Waals surface area contributed by atoms with Gasteiger partial charge in [-0.25, -0.2) is 0 Å². The van der Waals surface area contributed by atoms with E-state index in [-0.39, 0.29) is 29.4 Å². The van der Waals surface area contributed by atoms with Crippen molar-refractivity contribution in [3.63, 3.8) is 0 Å². The van der Waals surface area contributed by atoms with E-state index in [1.807, 2.05) is 0 Å². The summed E-state index contributed by atoms with van der Waals surface area (Å²) in [5.41, 5.74) is 0. The summed E-state index contributed by atoms with van der Waals surface area (Å²) in [7, 11) is 0. The van der Waals surface area contributed by atoms with E-state index in [1.165, 1.54) is 10.6 Å². The largest absolute Gasteiger partial charge is 1.00 e. The van der Waals surface area contributed by atoms with Crippen LogP contribution in [0.3, 0.4) is 0 Å². The van der Waals surface area contributed by atoms with Crippen LogP contribution in [0.2, 0.25) is 22.1 Å². The first kappa shape index (κ1) is 22.6. The molecule has 0 aliphatic carbocycles. The molecule has 0 atom stereocenters. The van der Waals surface area contributed by atoms with Crippen molar-refractivity contribution in [1.29, 1.82) is 0 Å². The summed E-state index contributed by atoms with van der Waals surface area (Å²) in [5.74, 6) is 4.42. The van der Waals surface area contributed by atoms with Crippen LogP contribution in [0.4, 0.5) is 0 Å². The molecule has 0 nitrogen and oxygen atoms in total. The van der Waals surface area contributed by atoms with Gasteiger partial charge in [-0.3, -0.25) is 0 Å². The molecule has 0 heterocycles. The summed E-state index contributed by atoms with van der Waals surface area (Å²) in [6.07, 6.45) is 0. The molecule has 0 saturated heterocycles. The van der Waals surface area contributed by atoms with E-state index in [9.17, 15) is 0 Å². The SMILES string of the molecule is C[CH2][Al+][CH2]C.[Br-].[CH3][Al+][CH3].[Cl-]. The minimum atomic E-state index is 0. The molecule has 0 radical (unpaired) electrons. The van der Waals surface area contributed by atoms with Gasteiger partial charge in [0, 0.05) is 0 Å². The average molecular weight is 258 g/mol. The van der Waals surface area contributed by atoms with E-state index in [0.717, 1.165) is 30.4 Å². The van der Waals surface area contributed by atoms with Gasteiger partial charge in [0.1, 0.15) is 0 Å². The molecule has 0 N–H and O–H groups in total. The summed E-state index contributed by atoms with van der Waals surface area (Å²) >= 11 is 1.56. The number of rotatable bonds is 2. The molecule has 4 heteroatoms. The summed E-state index contributed by atoms with van der Waals surface area (Å²) in [5, 5.41) is 2.85. The Morgan fingerprint density at radius 2 is 1.20 bits per heavy atom. The van der Waals surface area contributed by atoms with Crippen LogP contribution in [0.5, 0.6) is 0 Å². The molecule has 10 heavy (non-hydrogen) atoms. The second-order valence-corrected chi connectivity index (χ2v) is 5.05. The zero-order valence-corrected chi connectivity index (χ0v) is 12.0. The molecule has 0 fully saturated rings. The van der Waals surface area contributed by atoms with E-state index in [0.29, 0.717) is 0 Å². The molecule has 0 aromatic heterocycles. The molecule has 60 valence electrons. The maximum absolute atomic E-state index is 2.25. The Labute approximate surface area is 95.1 Å². The van der Waals surface area contributed by atoms with Crippen LogP contribution >= 0.6 is 0 Å². The maximum Gasteiger partial charge on any atom is -1.00 e. The predicted molar refractivity (Wildman–Crippen MR) is 44.2 cm³/mol. The summed E-state index contributed by atoms with van der Waals surface area (Å²) < 4.78 is 0. The zero-order valence-electron chi connectivity index (χ0n) is 7.32. The summed E-state index contributed by atoms with van der Waals surface area (Å²) in [4.78, 5) is 0. The van der Waals surface area contributed by atoms with Crippen molar-refractivity contribution in [2.45, 2.75) is 36.0 Å². The molecule has 0 aromatic carbocycles. The predicted octanol–water partition coefficient (Wildman–Crippen LogP) is -3.64. The minimum absolute atomic E-state index is 0. The normalized spacial score (nSPS) is 4.40. The quantitative estimate of drug-likeness (QED) is 0.448. The Morgan fingerprint density at radius 3 is 1.20 bits per heavy atom. The molecular formula is C6H16Al2BrCl. The third-order valence-corrected chi connectivity index (χ3v) is 1.73. The molecule has 0 rings (SSSR count). The van der Waals surface area contributed by atoms with Gasteiger partial charge in [0.05, 0.1) is 0 Å². The van der Waals surface area contributed by atoms with Gasteiger partial charge in [-0.05, 0) is 0 Å². The van der Waals surface area contributed by atoms with Gasteiger partial charge in [0.25, 0.3) is 0 Å². The van der Waals surface area contributed by atoms with Crippen LogP contribution in [0.1, 0.15) is 13.8 Å². The van der Waals surface area contributed by atoms with Crippen molar-refractivity contribution in [3.05, 3.63) is 0 Å². The van der Waals surface area contributed by atoms with Gasteiger partial charge < -0.3 is 29.4 Å². The molecule has 0 spiro atoms. The summed E-state index contributed by atoms with van der Waals surface area (Å²) in [6.45, 7) is 4.50. The smallest absolute Gasteiger partial charge is 1.00 e. The van der Waals surface area contributed by atoms with Gasteiger partial charge >= 0.3 is 66.4 Å². The van der Waals surface area contributed by atoms with Crippen LogP contribution in [0.15, 0.2) is 0 Å². The van der Waals surface area contributed by atoms with Gasteiger partial charge in [0.2, 0.25) is 0 Å². The first-order valence-corrected chi connectivity index (χ1v) is 7.33. The van der Waals surface area contributed by atoms with Crippen LogP contribution < -0.4 is 29.4 Å². The number of halogens is 2. The van der Waals surface area contributed by atoms with Gasteiger partial charge in [0.15, 0.2) is 0 Å². The average Bonchev–Trinajstić information content (AvgIpc) is 1.71. The van der Waals surface area contributed by atoms with E-state index in [4.69, 9.17) is 0 Å². The van der Waals surface area contributed by atoms with Crippen molar-refractivity contribution in [3.8, 4) is 0 Å². The van der Waals surface area contributed by atoms with Crippen molar-refractivity contribution in [2.24, 2.45) is 0 Å². The zero-order chi connectivity index (χ0) is 6.83. The Kier molecular flexibility index (Phi) is 69.7. The van der Waals surface area contributed by atoms with E-state index in [1.54, 1.807) is 0 Å². The van der Waals surface area contributed by atoms with Crippen molar-refractivity contribution < 1.29 is 29.4 Å². The molecule has 0 aliphatic rings. The van der Waals surface area contributed by atoms with Crippen molar-refractivity contribution >= 4 is 30.4 Å². The van der Waals surface area contributed by atoms with Gasteiger partial charge in [-0.15, -0.1) is 0 Å². The van der Waals surface area contributed by atoms with E-state index < -0.39 is 0 Å². The van der Waals surface area contributed by atoms with E-state index >= 15 is 0 Å². The first-order chi connectivity index (χ1) is 3.83. The topological polar surface area (TPSA) is 0 Å². The van der Waals surface area contributed by atoms with Crippen LogP contribution in [-0.2, 0) is 0 Å². The fourth-order valence-electron chi connectivity index (χ4n) is 0.289. The molecule has 0 aliphatic heterocycles. The maximum atomic E-state index is 2.25. The Morgan fingerprint density at radius 1 is 1.00 bits per heavy atom. The van der Waals surface area contributed by atoms with Crippen LogP contribution in [0, 0.1) is 0 Å². The van der Waals surface area contributed by atoms with Gasteiger partial charge in [-0.1, -0.05) is 0 Å². The van der Waals surface area contributed by atoms with Crippen molar-refractivity contribution in [1.82, 2.24) is 0 Å². The van der Waals surface area contributed by atoms with Crippen LogP contribution in [0.25, 0.3) is 0 Å². The molecule has 0 unspecified atom stereocenters. The fraction of sp³-hybridized carbons (Fsp3) is 1.00. The second-order valence-electron chi connectivity index (χ2n) is 1.68. The third kappa shape index (κ3) is 52.2. The standard InChI is InChI=1S/2C2H5.2CH3.2Al.BrH.ClH/c2*1-2;;;;;;/h2*1H2,2H3;2*1H3;;;2*1H/q;;;;2*+1;;/p-2. The number of hydrogen-bond acceptors (Lipinski definition) is 0. The molecular weight excluding hydrogens is 241 g/mol. The molecule has 0 amide bonds. The third-order valence-electron chi connectivity index (χ3n) is 0.577. The van der Waals surface area contributed by atoms with Gasteiger partial charge in [-0.2, -0.15) is 0 Å². The monoisotopic (exact) mass is 256 g/mol. The molecule has 0 aromatic rings. The minimum Gasteiger partial charge on any atom is -1.00 e. The Hall–Kier alpha value is 1.83. The first-order valence-electron chi connectivity index (χ1n) is 3.39. The van der Waals surface area contributed by atoms with E-state index in [2.05, 4.69) is 25.4 Å².